The van der Waals surface area contributed by atoms with E-state index in [1.54, 1.807) is 0 Å². The van der Waals surface area contributed by atoms with Crippen molar-refractivity contribution >= 4 is 27.5 Å². The second kappa shape index (κ2) is 5.53. The third-order valence-electron chi connectivity index (χ3n) is 2.52. The van der Waals surface area contributed by atoms with Gasteiger partial charge in [0.2, 0.25) is 0 Å². The van der Waals surface area contributed by atoms with Crippen molar-refractivity contribution in [1.82, 2.24) is 0 Å². The Morgan fingerprint density at radius 3 is 2.40 bits per heavy atom. The first-order chi connectivity index (χ1) is 7.18. The highest BCUT2D eigenvalue weighted by atomic mass is 79.9. The van der Waals surface area contributed by atoms with E-state index in [2.05, 4.69) is 28.9 Å². The Morgan fingerprint density at radius 2 is 2.00 bits per heavy atom. The van der Waals surface area contributed by atoms with Crippen molar-refractivity contribution in [1.29, 1.82) is 5.26 Å². The van der Waals surface area contributed by atoms with Crippen molar-refractivity contribution in [2.45, 2.75) is 25.2 Å². The van der Waals surface area contributed by atoms with Gasteiger partial charge in [0.25, 0.3) is 0 Å². The molecular weight excluding hydrogens is 273 g/mol. The first kappa shape index (κ1) is 12.5. The number of hydrogen-bond donors (Lipinski definition) is 0. The maximum atomic E-state index is 9.32. The molecule has 0 N–H and O–H groups in total. The summed E-state index contributed by atoms with van der Waals surface area (Å²) in [4.78, 5) is 0. The highest BCUT2D eigenvalue weighted by Crippen LogP contribution is 2.31. The Bertz CT molecular complexity index is 355. The van der Waals surface area contributed by atoms with Crippen LogP contribution in [-0.4, -0.2) is 5.33 Å². The summed E-state index contributed by atoms with van der Waals surface area (Å²) in [6, 6.07) is 9.95. The van der Waals surface area contributed by atoms with E-state index in [1.165, 1.54) is 0 Å². The molecule has 0 saturated heterocycles. The molecule has 1 unspecified atom stereocenters. The lowest BCUT2D eigenvalue weighted by molar-refractivity contribution is 0.556. The van der Waals surface area contributed by atoms with Crippen molar-refractivity contribution in [3.63, 3.8) is 0 Å². The molecule has 0 fully saturated rings. The zero-order valence-electron chi connectivity index (χ0n) is 8.63. The number of alkyl halides is 1. The predicted molar refractivity (Wildman–Crippen MR) is 67.4 cm³/mol. The number of halogens is 2. The number of benzene rings is 1. The van der Waals surface area contributed by atoms with Gasteiger partial charge in [0.05, 0.1) is 11.5 Å². The first-order valence-corrected chi connectivity index (χ1v) is 6.41. The second-order valence-electron chi connectivity index (χ2n) is 3.58. The molecule has 0 aliphatic rings. The van der Waals surface area contributed by atoms with E-state index < -0.39 is 5.41 Å². The number of nitriles is 1. The Morgan fingerprint density at radius 1 is 1.40 bits per heavy atom. The Labute approximate surface area is 104 Å². The van der Waals surface area contributed by atoms with Crippen molar-refractivity contribution < 1.29 is 0 Å². The van der Waals surface area contributed by atoms with E-state index in [9.17, 15) is 5.26 Å². The van der Waals surface area contributed by atoms with E-state index >= 15 is 0 Å². The molecule has 1 nitrogen and oxygen atoms in total. The predicted octanol–water partition coefficient (Wildman–Crippen LogP) is 4.30. The van der Waals surface area contributed by atoms with Gasteiger partial charge in [-0.2, -0.15) is 5.26 Å². The van der Waals surface area contributed by atoms with Crippen molar-refractivity contribution in [2.75, 3.05) is 5.33 Å². The van der Waals surface area contributed by atoms with Crippen LogP contribution in [0.1, 0.15) is 25.3 Å². The molecule has 0 aliphatic heterocycles. The zero-order valence-corrected chi connectivity index (χ0v) is 11.0. The fourth-order valence-electron chi connectivity index (χ4n) is 1.63. The quantitative estimate of drug-likeness (QED) is 0.757. The van der Waals surface area contributed by atoms with Gasteiger partial charge in [0.15, 0.2) is 0 Å². The van der Waals surface area contributed by atoms with Crippen molar-refractivity contribution in [2.24, 2.45) is 0 Å². The van der Waals surface area contributed by atoms with Crippen LogP contribution in [0.25, 0.3) is 0 Å². The molecule has 0 radical (unpaired) electrons. The van der Waals surface area contributed by atoms with E-state index in [-0.39, 0.29) is 0 Å². The Hall–Kier alpha value is -0.520. The molecular formula is C12H13BrClN. The van der Waals surface area contributed by atoms with Crippen LogP contribution in [0.15, 0.2) is 24.3 Å². The third-order valence-corrected chi connectivity index (χ3v) is 3.72. The summed E-state index contributed by atoms with van der Waals surface area (Å²) in [5, 5.41) is 10.7. The molecule has 1 atom stereocenters. The van der Waals surface area contributed by atoms with Crippen LogP contribution in [0.5, 0.6) is 0 Å². The normalized spacial score (nSPS) is 14.3. The monoisotopic (exact) mass is 285 g/mol. The fourth-order valence-corrected chi connectivity index (χ4v) is 2.49. The molecule has 0 bridgehead atoms. The first-order valence-electron chi connectivity index (χ1n) is 4.92. The maximum absolute atomic E-state index is 9.32. The number of hydrogen-bond acceptors (Lipinski definition) is 1. The van der Waals surface area contributed by atoms with E-state index in [4.69, 9.17) is 11.6 Å². The molecule has 0 spiro atoms. The average Bonchev–Trinajstić information content (AvgIpc) is 2.27. The van der Waals surface area contributed by atoms with E-state index in [0.717, 1.165) is 18.4 Å². The molecule has 0 saturated carbocycles. The van der Waals surface area contributed by atoms with Crippen LogP contribution >= 0.6 is 27.5 Å². The van der Waals surface area contributed by atoms with Crippen LogP contribution in [0, 0.1) is 11.3 Å². The van der Waals surface area contributed by atoms with Crippen molar-refractivity contribution in [3.05, 3.63) is 34.9 Å². The summed E-state index contributed by atoms with van der Waals surface area (Å²) in [7, 11) is 0. The summed E-state index contributed by atoms with van der Waals surface area (Å²) < 4.78 is 0. The lowest BCUT2D eigenvalue weighted by Gasteiger charge is -2.24. The van der Waals surface area contributed by atoms with Gasteiger partial charge in [0, 0.05) is 10.4 Å². The summed E-state index contributed by atoms with van der Waals surface area (Å²) in [6.07, 6.45) is 1.85. The summed E-state index contributed by atoms with van der Waals surface area (Å²) in [5.74, 6) is 0. The minimum atomic E-state index is -0.417. The molecule has 0 amide bonds. The lowest BCUT2D eigenvalue weighted by atomic mass is 9.80. The molecule has 0 heterocycles. The van der Waals surface area contributed by atoms with Gasteiger partial charge < -0.3 is 0 Å². The molecule has 80 valence electrons. The SMILES string of the molecule is CCCC(C#N)(CBr)c1ccc(Cl)cc1. The number of nitrogens with zero attached hydrogens (tertiary/aromatic N) is 1. The van der Waals surface area contributed by atoms with Crippen LogP contribution in [-0.2, 0) is 5.41 Å². The molecule has 15 heavy (non-hydrogen) atoms. The average molecular weight is 287 g/mol. The zero-order chi connectivity index (χ0) is 11.3. The van der Waals surface area contributed by atoms with Crippen LogP contribution in [0.2, 0.25) is 5.02 Å². The topological polar surface area (TPSA) is 23.8 Å². The second-order valence-corrected chi connectivity index (χ2v) is 4.58. The fraction of sp³-hybridized carbons (Fsp3) is 0.417. The van der Waals surface area contributed by atoms with Gasteiger partial charge in [-0.05, 0) is 24.1 Å². The summed E-state index contributed by atoms with van der Waals surface area (Å²) >= 11 is 9.26. The van der Waals surface area contributed by atoms with E-state index in [1.807, 2.05) is 24.3 Å². The molecule has 0 aliphatic carbocycles. The summed E-state index contributed by atoms with van der Waals surface area (Å²) in [6.45, 7) is 2.09. The van der Waals surface area contributed by atoms with Gasteiger partial charge in [-0.25, -0.2) is 0 Å². The largest absolute Gasteiger partial charge is 0.197 e. The molecule has 0 aromatic heterocycles. The minimum Gasteiger partial charge on any atom is -0.197 e. The van der Waals surface area contributed by atoms with E-state index in [0.29, 0.717) is 10.4 Å². The van der Waals surface area contributed by atoms with Gasteiger partial charge >= 0.3 is 0 Å². The Kier molecular flexibility index (Phi) is 4.63. The van der Waals surface area contributed by atoms with Crippen molar-refractivity contribution in [3.8, 4) is 6.07 Å². The third kappa shape index (κ3) is 2.74. The smallest absolute Gasteiger partial charge is 0.0918 e. The maximum Gasteiger partial charge on any atom is 0.0918 e. The van der Waals surface area contributed by atoms with Crippen LogP contribution in [0.3, 0.4) is 0 Å². The highest BCUT2D eigenvalue weighted by Gasteiger charge is 2.29. The molecule has 3 heteroatoms. The van der Waals surface area contributed by atoms with Gasteiger partial charge in [-0.3, -0.25) is 0 Å². The minimum absolute atomic E-state index is 0.417. The number of rotatable bonds is 4. The molecule has 1 rings (SSSR count). The van der Waals surface area contributed by atoms with Crippen LogP contribution in [0.4, 0.5) is 0 Å². The standard InChI is InChI=1S/C12H13BrClN/c1-2-7-12(8-13,9-15)10-3-5-11(14)6-4-10/h3-6H,2,7-8H2,1H3. The lowest BCUT2D eigenvalue weighted by Crippen LogP contribution is -2.25. The van der Waals surface area contributed by atoms with Gasteiger partial charge in [0.1, 0.15) is 0 Å². The van der Waals surface area contributed by atoms with Crippen LogP contribution < -0.4 is 0 Å². The van der Waals surface area contributed by atoms with Gasteiger partial charge in [-0.15, -0.1) is 0 Å². The summed E-state index contributed by atoms with van der Waals surface area (Å²) in [5.41, 5.74) is 0.618. The van der Waals surface area contributed by atoms with Gasteiger partial charge in [-0.1, -0.05) is 53.0 Å². The Balaban J connectivity index is 3.09. The molecule has 1 aromatic carbocycles. The molecule has 1 aromatic rings. The highest BCUT2D eigenvalue weighted by molar-refractivity contribution is 9.09.